The van der Waals surface area contributed by atoms with Gasteiger partial charge >= 0.3 is 0 Å². The number of aryl methyl sites for hydroxylation is 3. The molecule has 13 rings (SSSR count). The molecule has 0 N–H and O–H groups in total. The van der Waals surface area contributed by atoms with E-state index < -0.39 is 0 Å². The van der Waals surface area contributed by atoms with Gasteiger partial charge in [0.05, 0.1) is 16.8 Å². The fraction of sp³-hybridized carbons (Fsp3) is 0.400. The Balaban J connectivity index is 1.20. The molecule has 0 bridgehead atoms. The molecule has 4 heteroatoms. The molecule has 7 aromatic rings. The number of rotatable bonds is 3. The molecular formula is C70H78BN3. The van der Waals surface area contributed by atoms with Gasteiger partial charge in [0.25, 0.3) is 6.71 Å². The fourth-order valence-corrected chi connectivity index (χ4v) is 16.1. The predicted molar refractivity (Wildman–Crippen MR) is 318 cm³/mol. The van der Waals surface area contributed by atoms with E-state index in [9.17, 15) is 0 Å². The van der Waals surface area contributed by atoms with Gasteiger partial charge in [-0.1, -0.05) is 186 Å². The van der Waals surface area contributed by atoms with Crippen LogP contribution in [0, 0.1) is 13.8 Å². The van der Waals surface area contributed by atoms with Crippen molar-refractivity contribution in [1.29, 1.82) is 0 Å². The van der Waals surface area contributed by atoms with E-state index in [1.807, 2.05) is 0 Å². The monoisotopic (exact) mass is 972 g/mol. The molecule has 2 aliphatic carbocycles. The summed E-state index contributed by atoms with van der Waals surface area (Å²) in [5.74, 6) is 0. The zero-order chi connectivity index (χ0) is 52.0. The Morgan fingerprint density at radius 3 is 1.80 bits per heavy atom. The number of anilines is 7. The van der Waals surface area contributed by atoms with Crippen molar-refractivity contribution in [2.45, 2.75) is 181 Å². The molecule has 7 aromatic carbocycles. The smallest absolute Gasteiger partial charge is 0.252 e. The zero-order valence-electron chi connectivity index (χ0n) is 47.3. The van der Waals surface area contributed by atoms with Crippen LogP contribution in [-0.4, -0.2) is 12.3 Å². The van der Waals surface area contributed by atoms with Gasteiger partial charge in [0, 0.05) is 50.5 Å². The van der Waals surface area contributed by atoms with Crippen LogP contribution in [0.4, 0.5) is 39.8 Å². The quantitative estimate of drug-likeness (QED) is 0.163. The van der Waals surface area contributed by atoms with Crippen LogP contribution in [0.25, 0.3) is 11.1 Å². The maximum Gasteiger partial charge on any atom is 0.252 e. The van der Waals surface area contributed by atoms with Gasteiger partial charge < -0.3 is 14.7 Å². The molecule has 0 spiro atoms. The molecule has 4 unspecified atom stereocenters. The van der Waals surface area contributed by atoms with Gasteiger partial charge in [0.15, 0.2) is 0 Å². The van der Waals surface area contributed by atoms with Crippen LogP contribution >= 0.6 is 0 Å². The molecule has 376 valence electrons. The number of nitrogens with zero attached hydrogens (tertiary/aromatic N) is 3. The lowest BCUT2D eigenvalue weighted by Crippen LogP contribution is -2.65. The van der Waals surface area contributed by atoms with E-state index in [4.69, 9.17) is 0 Å². The van der Waals surface area contributed by atoms with Crippen molar-refractivity contribution >= 4 is 62.9 Å². The Labute approximate surface area is 444 Å². The molecule has 0 aromatic heterocycles. The molecule has 1 saturated carbocycles. The molecule has 1 fully saturated rings. The molecule has 3 nitrogen and oxygen atoms in total. The highest BCUT2D eigenvalue weighted by atomic mass is 15.3. The molecule has 74 heavy (non-hydrogen) atoms. The first kappa shape index (κ1) is 47.7. The summed E-state index contributed by atoms with van der Waals surface area (Å²) in [5.41, 5.74) is 28.5. The second-order valence-corrected chi connectivity index (χ2v) is 27.7. The highest BCUT2D eigenvalue weighted by Crippen LogP contribution is 2.67. The first-order valence-electron chi connectivity index (χ1n) is 28.2. The van der Waals surface area contributed by atoms with E-state index in [-0.39, 0.29) is 44.9 Å². The highest BCUT2D eigenvalue weighted by Gasteiger charge is 2.64. The molecule has 0 saturated heterocycles. The van der Waals surface area contributed by atoms with Crippen LogP contribution in [-0.2, 0) is 39.0 Å². The van der Waals surface area contributed by atoms with Gasteiger partial charge in [-0.2, -0.15) is 0 Å². The lowest BCUT2D eigenvalue weighted by atomic mass is 9.32. The highest BCUT2D eigenvalue weighted by molar-refractivity contribution is 7.00. The average Bonchev–Trinajstić information content (AvgIpc) is 3.71. The van der Waals surface area contributed by atoms with Gasteiger partial charge in [0.1, 0.15) is 0 Å². The van der Waals surface area contributed by atoms with Crippen molar-refractivity contribution in [1.82, 2.24) is 0 Å². The maximum atomic E-state index is 2.98. The van der Waals surface area contributed by atoms with Crippen molar-refractivity contribution in [2.24, 2.45) is 0 Å². The first-order valence-corrected chi connectivity index (χ1v) is 28.2. The Morgan fingerprint density at radius 1 is 0.486 bits per heavy atom. The van der Waals surface area contributed by atoms with E-state index in [0.717, 1.165) is 19.3 Å². The summed E-state index contributed by atoms with van der Waals surface area (Å²) in [4.78, 5) is 8.56. The van der Waals surface area contributed by atoms with E-state index in [1.165, 1.54) is 131 Å². The molecule has 0 radical (unpaired) electrons. The van der Waals surface area contributed by atoms with Crippen molar-refractivity contribution in [3.05, 3.63) is 177 Å². The van der Waals surface area contributed by atoms with Crippen LogP contribution in [0.3, 0.4) is 0 Å². The van der Waals surface area contributed by atoms with Gasteiger partial charge in [-0.15, -0.1) is 0 Å². The minimum atomic E-state index is -0.372. The van der Waals surface area contributed by atoms with Crippen molar-refractivity contribution in [3.8, 4) is 11.1 Å². The Kier molecular flexibility index (Phi) is 9.88. The first-order chi connectivity index (χ1) is 34.9. The van der Waals surface area contributed by atoms with Crippen molar-refractivity contribution < 1.29 is 0 Å². The Morgan fingerprint density at radius 2 is 1.09 bits per heavy atom. The minimum Gasteiger partial charge on any atom is -0.335 e. The van der Waals surface area contributed by atoms with Crippen LogP contribution in [0.1, 0.15) is 172 Å². The predicted octanol–water partition coefficient (Wildman–Crippen LogP) is 16.5. The summed E-state index contributed by atoms with van der Waals surface area (Å²) in [6.45, 7) is 36.8. The number of benzene rings is 7. The molecule has 4 aliphatic heterocycles. The molecule has 4 heterocycles. The van der Waals surface area contributed by atoms with Crippen LogP contribution in [0.2, 0.25) is 0 Å². The SMILES string of the molecule is Cc1cc(C)c2c3c1B1c4cc(C(C)(C)C)ccc4N(c4ccc(C(C)(C)C)cc4-c4ccccc4)c4cc(N5c6ccc(C(C)(C)C)cc6C6(C)CCc7ccccc7C56C)cc(c41)N3C1(C)CCCCC21C. The summed E-state index contributed by atoms with van der Waals surface area (Å²) in [5, 5.41) is 0. The normalized spacial score (nSPS) is 24.2. The molecule has 4 atom stereocenters. The third-order valence-electron chi connectivity index (χ3n) is 20.5. The lowest BCUT2D eigenvalue weighted by Gasteiger charge is -2.54. The summed E-state index contributed by atoms with van der Waals surface area (Å²) >= 11 is 0. The summed E-state index contributed by atoms with van der Waals surface area (Å²) in [6.07, 6.45) is 7.02. The number of fused-ring (bicyclic) bond motifs is 12. The van der Waals surface area contributed by atoms with Crippen LogP contribution in [0.15, 0.2) is 127 Å². The number of hydrogen-bond acceptors (Lipinski definition) is 3. The largest absolute Gasteiger partial charge is 0.335 e. The second kappa shape index (κ2) is 15.3. The van der Waals surface area contributed by atoms with Gasteiger partial charge in [-0.25, -0.2) is 0 Å². The van der Waals surface area contributed by atoms with E-state index in [2.05, 4.69) is 246 Å². The van der Waals surface area contributed by atoms with Gasteiger partial charge in [-0.3, -0.25) is 0 Å². The van der Waals surface area contributed by atoms with Crippen LogP contribution < -0.4 is 31.1 Å². The minimum absolute atomic E-state index is 0.0149. The second-order valence-electron chi connectivity index (χ2n) is 27.7. The van der Waals surface area contributed by atoms with Crippen molar-refractivity contribution in [2.75, 3.05) is 14.7 Å². The van der Waals surface area contributed by atoms with E-state index >= 15 is 0 Å². The fourth-order valence-electron chi connectivity index (χ4n) is 16.1. The number of hydrogen-bond donors (Lipinski definition) is 0. The zero-order valence-corrected chi connectivity index (χ0v) is 47.3. The standard InChI is InChI=1S/C70H78BN3/c1-43-37-44(2)61-63-60(43)68(13)34-21-22-35-69(68,14)74(63)59-42-50(73-56-31-28-48(65(6,7)8)39-53(56)67(12)36-33-46-25-19-20-26-52(46)70(67,73)15)41-58-62(59)71(61)54-40-49(66(9,10)11)29-32-57(54)72(58)55-30-27-47(64(3,4)5)38-51(55)45-23-17-16-18-24-45/h16-20,23-32,37-42H,21-22,33-36H2,1-15H3. The molecule has 6 aliphatic rings. The maximum absolute atomic E-state index is 2.98. The third kappa shape index (κ3) is 6.15. The van der Waals surface area contributed by atoms with Crippen LogP contribution in [0.5, 0.6) is 0 Å². The summed E-state index contributed by atoms with van der Waals surface area (Å²) in [6, 6.07) is 51.2. The molecular weight excluding hydrogens is 894 g/mol. The summed E-state index contributed by atoms with van der Waals surface area (Å²) < 4.78 is 0. The summed E-state index contributed by atoms with van der Waals surface area (Å²) in [7, 11) is 0. The van der Waals surface area contributed by atoms with Crippen molar-refractivity contribution in [3.63, 3.8) is 0 Å². The Hall–Kier alpha value is -6.00. The van der Waals surface area contributed by atoms with Gasteiger partial charge in [0.2, 0.25) is 0 Å². The van der Waals surface area contributed by atoms with Gasteiger partial charge in [-0.05, 0) is 172 Å². The topological polar surface area (TPSA) is 9.72 Å². The lowest BCUT2D eigenvalue weighted by molar-refractivity contribution is 0.194. The Bertz CT molecular complexity index is 3530. The van der Waals surface area contributed by atoms with E-state index in [0.29, 0.717) is 0 Å². The molecule has 0 amide bonds. The van der Waals surface area contributed by atoms with E-state index in [1.54, 1.807) is 5.56 Å². The third-order valence-corrected chi connectivity index (χ3v) is 20.5. The average molecular weight is 972 g/mol.